The molecule has 0 amide bonds. The Morgan fingerprint density at radius 3 is 1.32 bits per heavy atom. The number of benzene rings is 1. The Kier molecular flexibility index (Phi) is 22.5. The molecule has 0 aliphatic rings. The summed E-state index contributed by atoms with van der Waals surface area (Å²) in [5.41, 5.74) is 8.48. The fourth-order valence-corrected chi connectivity index (χ4v) is 5.77. The zero-order chi connectivity index (χ0) is 24.0. The van der Waals surface area contributed by atoms with Gasteiger partial charge in [-0.1, -0.05) is 167 Å². The van der Waals surface area contributed by atoms with Gasteiger partial charge in [-0.3, -0.25) is 0 Å². The van der Waals surface area contributed by atoms with E-state index in [4.69, 9.17) is 5.73 Å². The maximum absolute atomic E-state index is 7.06. The molecule has 200 valence electrons. The monoisotopic (exact) mass is 493 g/mol. The van der Waals surface area contributed by atoms with Crippen molar-refractivity contribution < 1.29 is 0 Å². The van der Waals surface area contributed by atoms with E-state index >= 15 is 0 Å². The molecular formula is C32H60ClN. The van der Waals surface area contributed by atoms with Crippen LogP contribution >= 0.6 is 12.4 Å². The van der Waals surface area contributed by atoms with Crippen LogP contribution in [0.3, 0.4) is 0 Å². The van der Waals surface area contributed by atoms with Crippen molar-refractivity contribution in [2.75, 3.05) is 0 Å². The van der Waals surface area contributed by atoms with E-state index in [0.717, 1.165) is 12.8 Å². The molecule has 1 atom stereocenters. The molecule has 0 fully saturated rings. The third kappa shape index (κ3) is 15.5. The Morgan fingerprint density at radius 1 is 0.559 bits per heavy atom. The fraction of sp³-hybridized carbons (Fsp3) is 0.812. The van der Waals surface area contributed by atoms with Crippen LogP contribution in [0.4, 0.5) is 0 Å². The highest BCUT2D eigenvalue weighted by Gasteiger charge is 2.33. The van der Waals surface area contributed by atoms with Gasteiger partial charge in [0.25, 0.3) is 0 Å². The van der Waals surface area contributed by atoms with Gasteiger partial charge in [-0.2, -0.15) is 0 Å². The standard InChI is InChI=1S/C32H59N.ClH/c1-4-7-8-9-10-11-12-13-14-15-16-17-18-19-20-24-27-31(30-25-22-21-23-26-30)32(33,28-5-2)29-6-3;/h21-23,25-26,31H,4-20,24,27-29,33H2,1-3H3;1H. The van der Waals surface area contributed by atoms with Crippen molar-refractivity contribution in [1.29, 1.82) is 0 Å². The molecule has 1 rings (SSSR count). The summed E-state index contributed by atoms with van der Waals surface area (Å²) in [4.78, 5) is 0. The Labute approximate surface area is 220 Å². The summed E-state index contributed by atoms with van der Waals surface area (Å²) < 4.78 is 0. The Hall–Kier alpha value is -0.530. The van der Waals surface area contributed by atoms with Gasteiger partial charge >= 0.3 is 0 Å². The first-order valence-corrected chi connectivity index (χ1v) is 15.0. The average molecular weight is 494 g/mol. The minimum atomic E-state index is -0.0413. The molecule has 0 heterocycles. The van der Waals surface area contributed by atoms with Crippen LogP contribution in [0.1, 0.15) is 167 Å². The first-order valence-electron chi connectivity index (χ1n) is 15.0. The molecule has 2 N–H and O–H groups in total. The van der Waals surface area contributed by atoms with Crippen LogP contribution in [0.2, 0.25) is 0 Å². The van der Waals surface area contributed by atoms with Crippen LogP contribution in [0.5, 0.6) is 0 Å². The normalized spacial score (nSPS) is 12.5. The third-order valence-electron chi connectivity index (χ3n) is 7.67. The van der Waals surface area contributed by atoms with Crippen molar-refractivity contribution in [2.24, 2.45) is 5.73 Å². The first kappa shape index (κ1) is 33.5. The summed E-state index contributed by atoms with van der Waals surface area (Å²) in [7, 11) is 0. The molecular weight excluding hydrogens is 434 g/mol. The van der Waals surface area contributed by atoms with Gasteiger partial charge in [-0.15, -0.1) is 12.4 Å². The van der Waals surface area contributed by atoms with Crippen molar-refractivity contribution in [3.05, 3.63) is 35.9 Å². The fourth-order valence-electron chi connectivity index (χ4n) is 5.77. The molecule has 1 nitrogen and oxygen atoms in total. The molecule has 0 saturated heterocycles. The SMILES string of the molecule is CCCCCCCCCCCCCCCCCCC(c1ccccc1)C(N)(CCC)CCC.Cl. The number of unbranched alkanes of at least 4 members (excludes halogenated alkanes) is 15. The van der Waals surface area contributed by atoms with E-state index < -0.39 is 0 Å². The predicted octanol–water partition coefficient (Wildman–Crippen LogP) is 11.1. The molecule has 1 aromatic carbocycles. The Bertz CT molecular complexity index is 523. The summed E-state index contributed by atoms with van der Waals surface area (Å²) in [6, 6.07) is 11.1. The van der Waals surface area contributed by atoms with E-state index in [0.29, 0.717) is 5.92 Å². The quantitative estimate of drug-likeness (QED) is 0.151. The summed E-state index contributed by atoms with van der Waals surface area (Å²) in [6.07, 6.45) is 28.8. The topological polar surface area (TPSA) is 26.0 Å². The minimum absolute atomic E-state index is 0. The molecule has 1 unspecified atom stereocenters. The predicted molar refractivity (Wildman–Crippen MR) is 157 cm³/mol. The van der Waals surface area contributed by atoms with E-state index in [1.54, 1.807) is 0 Å². The lowest BCUT2D eigenvalue weighted by Crippen LogP contribution is -2.45. The number of halogens is 1. The van der Waals surface area contributed by atoms with E-state index in [1.165, 1.54) is 128 Å². The highest BCUT2D eigenvalue weighted by atomic mass is 35.5. The largest absolute Gasteiger partial charge is 0.325 e. The van der Waals surface area contributed by atoms with Gasteiger partial charge in [0.05, 0.1) is 0 Å². The third-order valence-corrected chi connectivity index (χ3v) is 7.67. The van der Waals surface area contributed by atoms with Gasteiger partial charge in [-0.05, 0) is 24.8 Å². The van der Waals surface area contributed by atoms with Crippen LogP contribution in [-0.2, 0) is 0 Å². The van der Waals surface area contributed by atoms with Crippen LogP contribution in [-0.4, -0.2) is 5.54 Å². The van der Waals surface area contributed by atoms with Crippen LogP contribution in [0.15, 0.2) is 30.3 Å². The maximum atomic E-state index is 7.06. The molecule has 0 saturated carbocycles. The lowest BCUT2D eigenvalue weighted by Gasteiger charge is -2.38. The van der Waals surface area contributed by atoms with Gasteiger partial charge in [0.2, 0.25) is 0 Å². The van der Waals surface area contributed by atoms with Crippen molar-refractivity contribution in [3.63, 3.8) is 0 Å². The van der Waals surface area contributed by atoms with Crippen molar-refractivity contribution >= 4 is 12.4 Å². The summed E-state index contributed by atoms with van der Waals surface area (Å²) >= 11 is 0. The zero-order valence-electron chi connectivity index (χ0n) is 23.3. The second kappa shape index (κ2) is 22.9. The maximum Gasteiger partial charge on any atom is 0.0223 e. The second-order valence-electron chi connectivity index (χ2n) is 10.8. The highest BCUT2D eigenvalue weighted by molar-refractivity contribution is 5.85. The van der Waals surface area contributed by atoms with Gasteiger partial charge in [0.15, 0.2) is 0 Å². The smallest absolute Gasteiger partial charge is 0.0223 e. The molecule has 34 heavy (non-hydrogen) atoms. The number of hydrogen-bond acceptors (Lipinski definition) is 1. The summed E-state index contributed by atoms with van der Waals surface area (Å²) in [6.45, 7) is 6.87. The van der Waals surface area contributed by atoms with Crippen molar-refractivity contribution in [1.82, 2.24) is 0 Å². The van der Waals surface area contributed by atoms with E-state index in [2.05, 4.69) is 51.1 Å². The molecule has 0 aromatic heterocycles. The van der Waals surface area contributed by atoms with E-state index in [1.807, 2.05) is 0 Å². The molecule has 0 bridgehead atoms. The molecule has 0 aliphatic carbocycles. The van der Waals surface area contributed by atoms with E-state index in [-0.39, 0.29) is 17.9 Å². The Morgan fingerprint density at radius 2 is 0.941 bits per heavy atom. The average Bonchev–Trinajstić information content (AvgIpc) is 2.82. The zero-order valence-corrected chi connectivity index (χ0v) is 24.1. The molecule has 2 heteroatoms. The van der Waals surface area contributed by atoms with Crippen LogP contribution < -0.4 is 5.73 Å². The minimum Gasteiger partial charge on any atom is -0.325 e. The molecule has 0 spiro atoms. The molecule has 0 radical (unpaired) electrons. The number of rotatable bonds is 23. The van der Waals surface area contributed by atoms with Gasteiger partial charge < -0.3 is 5.73 Å². The second-order valence-corrected chi connectivity index (χ2v) is 10.8. The van der Waals surface area contributed by atoms with Crippen LogP contribution in [0.25, 0.3) is 0 Å². The summed E-state index contributed by atoms with van der Waals surface area (Å²) in [5.74, 6) is 0.505. The van der Waals surface area contributed by atoms with Gasteiger partial charge in [0, 0.05) is 11.5 Å². The van der Waals surface area contributed by atoms with Gasteiger partial charge in [0.1, 0.15) is 0 Å². The number of nitrogens with two attached hydrogens (primary N) is 1. The lowest BCUT2D eigenvalue weighted by atomic mass is 9.72. The number of hydrogen-bond donors (Lipinski definition) is 1. The first-order chi connectivity index (χ1) is 16.2. The van der Waals surface area contributed by atoms with Crippen LogP contribution in [0, 0.1) is 0 Å². The Balaban J connectivity index is 0.0000109. The van der Waals surface area contributed by atoms with E-state index in [9.17, 15) is 0 Å². The van der Waals surface area contributed by atoms with Crippen molar-refractivity contribution in [2.45, 2.75) is 167 Å². The lowest BCUT2D eigenvalue weighted by molar-refractivity contribution is 0.275. The van der Waals surface area contributed by atoms with Gasteiger partial charge in [-0.25, -0.2) is 0 Å². The highest BCUT2D eigenvalue weighted by Crippen LogP contribution is 2.37. The van der Waals surface area contributed by atoms with Crippen molar-refractivity contribution in [3.8, 4) is 0 Å². The molecule has 1 aromatic rings. The summed E-state index contributed by atoms with van der Waals surface area (Å²) in [5, 5.41) is 0. The molecule has 0 aliphatic heterocycles.